The number of nitrogens with one attached hydrogen (secondary N) is 1. The highest BCUT2D eigenvalue weighted by Gasteiger charge is 2.54. The molecule has 2 N–H and O–H groups in total. The summed E-state index contributed by atoms with van der Waals surface area (Å²) < 4.78 is 2.13. The first-order chi connectivity index (χ1) is 19.7. The van der Waals surface area contributed by atoms with Crippen LogP contribution >= 0.6 is 0 Å². The van der Waals surface area contributed by atoms with Gasteiger partial charge in [-0.3, -0.25) is 19.2 Å². The summed E-state index contributed by atoms with van der Waals surface area (Å²) in [6.07, 6.45) is 8.90. The summed E-state index contributed by atoms with van der Waals surface area (Å²) in [5.41, 5.74) is 3.20. The minimum Gasteiger partial charge on any atom is -0.390 e. The molecule has 3 heterocycles. The topological polar surface area (TPSA) is 90.7 Å². The number of rotatable bonds is 10. The predicted molar refractivity (Wildman–Crippen MR) is 160 cm³/mol. The van der Waals surface area contributed by atoms with Crippen molar-refractivity contribution in [2.45, 2.75) is 122 Å². The number of unbranched alkanes of at least 4 members (excludes halogenated alkanes) is 1. The number of aryl methyl sites for hydroxylation is 3. The highest BCUT2D eigenvalue weighted by molar-refractivity contribution is 6.00. The van der Waals surface area contributed by atoms with Crippen molar-refractivity contribution in [3.05, 3.63) is 52.8 Å². The molecule has 0 radical (unpaired) electrons. The van der Waals surface area contributed by atoms with Gasteiger partial charge in [0, 0.05) is 50.4 Å². The first kappa shape index (κ1) is 29.8. The van der Waals surface area contributed by atoms with Crippen molar-refractivity contribution in [1.82, 2.24) is 24.9 Å². The van der Waals surface area contributed by atoms with Crippen LogP contribution < -0.4 is 5.32 Å². The molecule has 2 aromatic rings. The molecule has 1 atom stereocenters. The van der Waals surface area contributed by atoms with Gasteiger partial charge in [0.2, 0.25) is 11.8 Å². The van der Waals surface area contributed by atoms with E-state index in [1.807, 2.05) is 11.0 Å². The summed E-state index contributed by atoms with van der Waals surface area (Å²) in [4.78, 5) is 32.0. The van der Waals surface area contributed by atoms with Gasteiger partial charge in [-0.2, -0.15) is 5.10 Å². The Bertz CT molecular complexity index is 1190. The van der Waals surface area contributed by atoms with E-state index < -0.39 is 17.2 Å². The van der Waals surface area contributed by atoms with Gasteiger partial charge in [0.1, 0.15) is 11.6 Å². The minimum atomic E-state index is -0.850. The second-order valence-corrected chi connectivity index (χ2v) is 12.8. The number of nitrogens with zero attached hydrogens (tertiary/aromatic N) is 4. The fraction of sp³-hybridized carbons (Fsp3) is 0.667. The van der Waals surface area contributed by atoms with Gasteiger partial charge in [-0.15, -0.1) is 0 Å². The molecular weight excluding hydrogens is 514 g/mol. The molecule has 0 bridgehead atoms. The fourth-order valence-corrected chi connectivity index (χ4v) is 7.31. The molecule has 1 aliphatic carbocycles. The number of likely N-dealkylation sites (tertiary alicyclic amines) is 1. The van der Waals surface area contributed by atoms with Crippen LogP contribution in [0.3, 0.4) is 0 Å². The standard InChI is InChI=1S/C33H49N5O3/c1-4-5-19-37-30(39)29(23-32(41)15-10-7-11-16-32)34-31(40)33(37)17-21-36(22-18-33)24-28-25(2)35-38(26(28)3)20-14-27-12-8-6-9-13-27/h6,8-9,12-13,29,41H,4-5,7,10-11,14-24H2,1-3H3,(H,34,40)/t29-/m1/s1. The monoisotopic (exact) mass is 563 g/mol. The Hall–Kier alpha value is -2.71. The van der Waals surface area contributed by atoms with Crippen LogP contribution in [0.4, 0.5) is 0 Å². The zero-order valence-corrected chi connectivity index (χ0v) is 25.3. The highest BCUT2D eigenvalue weighted by Crippen LogP contribution is 2.38. The van der Waals surface area contributed by atoms with Crippen LogP contribution in [0.15, 0.2) is 30.3 Å². The molecule has 1 spiro atoms. The molecule has 0 unspecified atom stereocenters. The van der Waals surface area contributed by atoms with Crippen LogP contribution in [0.5, 0.6) is 0 Å². The molecule has 8 heteroatoms. The van der Waals surface area contributed by atoms with Crippen LogP contribution in [-0.4, -0.2) is 73.3 Å². The van der Waals surface area contributed by atoms with Gasteiger partial charge in [0.25, 0.3) is 0 Å². The molecule has 1 saturated carbocycles. The lowest BCUT2D eigenvalue weighted by atomic mass is 9.77. The summed E-state index contributed by atoms with van der Waals surface area (Å²) >= 11 is 0. The summed E-state index contributed by atoms with van der Waals surface area (Å²) in [7, 11) is 0. The lowest BCUT2D eigenvalue weighted by molar-refractivity contribution is -0.163. The second-order valence-electron chi connectivity index (χ2n) is 12.8. The average molecular weight is 564 g/mol. The quantitative estimate of drug-likeness (QED) is 0.450. The number of aliphatic hydroxyl groups is 1. The molecule has 3 aliphatic rings. The van der Waals surface area contributed by atoms with E-state index in [0.717, 1.165) is 70.4 Å². The third-order valence-electron chi connectivity index (χ3n) is 9.96. The molecule has 224 valence electrons. The smallest absolute Gasteiger partial charge is 0.246 e. The van der Waals surface area contributed by atoms with E-state index in [1.165, 1.54) is 16.8 Å². The summed E-state index contributed by atoms with van der Waals surface area (Å²) in [5.74, 6) is -0.0322. The minimum absolute atomic E-state index is 0.00289. The number of hydrogen-bond donors (Lipinski definition) is 2. The maximum Gasteiger partial charge on any atom is 0.246 e. The van der Waals surface area contributed by atoms with Gasteiger partial charge in [-0.05, 0) is 57.9 Å². The number of hydrogen-bond acceptors (Lipinski definition) is 5. The van der Waals surface area contributed by atoms with Crippen LogP contribution in [0.2, 0.25) is 0 Å². The van der Waals surface area contributed by atoms with E-state index >= 15 is 0 Å². The van der Waals surface area contributed by atoms with Gasteiger partial charge >= 0.3 is 0 Å². The number of benzene rings is 1. The van der Waals surface area contributed by atoms with Gasteiger partial charge in [0.05, 0.1) is 11.3 Å². The van der Waals surface area contributed by atoms with Gasteiger partial charge in [-0.1, -0.05) is 62.9 Å². The first-order valence-corrected chi connectivity index (χ1v) is 15.9. The van der Waals surface area contributed by atoms with Gasteiger partial charge in [-0.25, -0.2) is 0 Å². The molecule has 5 rings (SSSR count). The third kappa shape index (κ3) is 6.38. The molecule has 1 aromatic carbocycles. The molecular formula is C33H49N5O3. The highest BCUT2D eigenvalue weighted by atomic mass is 16.3. The summed E-state index contributed by atoms with van der Waals surface area (Å²) in [6.45, 7) is 10.1. The predicted octanol–water partition coefficient (Wildman–Crippen LogP) is 4.29. The molecule has 2 aliphatic heterocycles. The molecule has 3 fully saturated rings. The maximum atomic E-state index is 13.9. The Labute approximate surface area is 245 Å². The van der Waals surface area contributed by atoms with Crippen molar-refractivity contribution in [2.75, 3.05) is 19.6 Å². The zero-order valence-electron chi connectivity index (χ0n) is 25.3. The zero-order chi connectivity index (χ0) is 29.0. The molecule has 2 amide bonds. The Morgan fingerprint density at radius 1 is 1.00 bits per heavy atom. The molecule has 8 nitrogen and oxygen atoms in total. The van der Waals surface area contributed by atoms with E-state index in [4.69, 9.17) is 5.10 Å². The average Bonchev–Trinajstić information content (AvgIpc) is 3.24. The Morgan fingerprint density at radius 2 is 1.71 bits per heavy atom. The second kappa shape index (κ2) is 12.7. The number of amides is 2. The van der Waals surface area contributed by atoms with E-state index in [1.54, 1.807) is 0 Å². The van der Waals surface area contributed by atoms with Gasteiger partial charge in [0.15, 0.2) is 0 Å². The van der Waals surface area contributed by atoms with E-state index in [9.17, 15) is 14.7 Å². The number of carbonyl (C=O) groups is 2. The Balaban J connectivity index is 1.24. The first-order valence-electron chi connectivity index (χ1n) is 15.9. The summed E-state index contributed by atoms with van der Waals surface area (Å²) in [6, 6.07) is 9.89. The summed E-state index contributed by atoms with van der Waals surface area (Å²) in [5, 5.41) is 19.1. The maximum absolute atomic E-state index is 13.9. The number of piperidine rings is 1. The van der Waals surface area contributed by atoms with E-state index in [-0.39, 0.29) is 11.8 Å². The van der Waals surface area contributed by atoms with Gasteiger partial charge < -0.3 is 15.3 Å². The van der Waals surface area contributed by atoms with Crippen molar-refractivity contribution < 1.29 is 14.7 Å². The van der Waals surface area contributed by atoms with Crippen molar-refractivity contribution >= 4 is 11.8 Å². The Kier molecular flexibility index (Phi) is 9.19. The Morgan fingerprint density at radius 3 is 2.39 bits per heavy atom. The van der Waals surface area contributed by atoms with Crippen molar-refractivity contribution in [3.63, 3.8) is 0 Å². The number of aromatic nitrogens is 2. The number of carbonyl (C=O) groups excluding carboxylic acids is 2. The van der Waals surface area contributed by atoms with E-state index in [2.05, 4.69) is 59.9 Å². The van der Waals surface area contributed by atoms with Crippen molar-refractivity contribution in [1.29, 1.82) is 0 Å². The van der Waals surface area contributed by atoms with E-state index in [0.29, 0.717) is 38.6 Å². The largest absolute Gasteiger partial charge is 0.390 e. The molecule has 41 heavy (non-hydrogen) atoms. The SMILES string of the molecule is CCCCN1C(=O)[C@@H](CC2(O)CCCCC2)NC(=O)C12CCN(Cc1c(C)nn(CCc3ccccc3)c1C)CC2. The van der Waals surface area contributed by atoms with Crippen LogP contribution in [-0.2, 0) is 29.1 Å². The third-order valence-corrected chi connectivity index (χ3v) is 9.96. The van der Waals surface area contributed by atoms with Crippen LogP contribution in [0.25, 0.3) is 0 Å². The fourth-order valence-electron chi connectivity index (χ4n) is 7.31. The lowest BCUT2D eigenvalue weighted by Crippen LogP contribution is -2.73. The molecule has 1 aromatic heterocycles. The van der Waals surface area contributed by atoms with Crippen LogP contribution in [0.1, 0.15) is 93.6 Å². The van der Waals surface area contributed by atoms with Crippen molar-refractivity contribution in [2.24, 2.45) is 0 Å². The lowest BCUT2D eigenvalue weighted by Gasteiger charge is -2.52. The van der Waals surface area contributed by atoms with Crippen molar-refractivity contribution in [3.8, 4) is 0 Å². The van der Waals surface area contributed by atoms with Crippen LogP contribution in [0, 0.1) is 13.8 Å². The number of piperazine rings is 1. The normalized spacial score (nSPS) is 22.7. The molecule has 2 saturated heterocycles.